The highest BCUT2D eigenvalue weighted by atomic mass is 32.1. The number of carbonyl (C=O) groups excluding carboxylic acids is 1. The molecule has 1 aliphatic heterocycles. The zero-order valence-corrected chi connectivity index (χ0v) is 12.9. The second-order valence-electron chi connectivity index (χ2n) is 5.98. The van der Waals surface area contributed by atoms with Gasteiger partial charge in [-0.15, -0.1) is 11.3 Å². The van der Waals surface area contributed by atoms with E-state index in [0.717, 1.165) is 56.7 Å². The van der Waals surface area contributed by atoms with Gasteiger partial charge in [-0.05, 0) is 44.2 Å². The molecule has 2 aliphatic rings. The van der Waals surface area contributed by atoms with Crippen molar-refractivity contribution >= 4 is 17.2 Å². The van der Waals surface area contributed by atoms with Crippen LogP contribution in [-0.4, -0.2) is 30.5 Å². The third-order valence-electron chi connectivity index (χ3n) is 4.69. The summed E-state index contributed by atoms with van der Waals surface area (Å²) in [5.41, 5.74) is 0.339. The number of nitrogens with zero attached hydrogens (tertiary/aromatic N) is 1. The minimum absolute atomic E-state index is 0.263. The molecule has 20 heavy (non-hydrogen) atoms. The van der Waals surface area contributed by atoms with Crippen molar-refractivity contribution in [3.05, 3.63) is 16.1 Å². The van der Waals surface area contributed by atoms with E-state index in [4.69, 9.17) is 0 Å². The summed E-state index contributed by atoms with van der Waals surface area (Å²) in [7, 11) is 0. The van der Waals surface area contributed by atoms with Gasteiger partial charge >= 0.3 is 0 Å². The summed E-state index contributed by atoms with van der Waals surface area (Å²) in [6, 6.07) is 0. The predicted octanol–water partition coefficient (Wildman–Crippen LogP) is 1.75. The van der Waals surface area contributed by atoms with Crippen LogP contribution in [-0.2, 0) is 17.6 Å². The van der Waals surface area contributed by atoms with Crippen LogP contribution in [0.15, 0.2) is 6.20 Å². The normalized spacial score (nSPS) is 23.8. The Morgan fingerprint density at radius 1 is 1.55 bits per heavy atom. The van der Waals surface area contributed by atoms with E-state index in [0.29, 0.717) is 5.41 Å². The number of thiazole rings is 1. The van der Waals surface area contributed by atoms with Crippen molar-refractivity contribution in [2.75, 3.05) is 19.6 Å². The van der Waals surface area contributed by atoms with Crippen molar-refractivity contribution in [2.24, 2.45) is 11.3 Å². The van der Waals surface area contributed by atoms with Crippen LogP contribution >= 0.6 is 11.3 Å². The van der Waals surface area contributed by atoms with Gasteiger partial charge in [-0.25, -0.2) is 4.98 Å². The molecule has 0 aromatic carbocycles. The lowest BCUT2D eigenvalue weighted by Crippen LogP contribution is -2.34. The first-order chi connectivity index (χ1) is 9.73. The molecule has 0 radical (unpaired) electrons. The minimum Gasteiger partial charge on any atom is -0.355 e. The Morgan fingerprint density at radius 3 is 3.05 bits per heavy atom. The molecule has 4 nitrogen and oxygen atoms in total. The largest absolute Gasteiger partial charge is 0.355 e. The number of aryl methyl sites for hydroxylation is 1. The molecule has 1 aromatic rings. The van der Waals surface area contributed by atoms with Gasteiger partial charge in [0.25, 0.3) is 0 Å². The van der Waals surface area contributed by atoms with E-state index in [1.807, 2.05) is 6.20 Å². The van der Waals surface area contributed by atoms with Gasteiger partial charge in [0.15, 0.2) is 0 Å². The Labute approximate surface area is 124 Å². The third kappa shape index (κ3) is 2.88. The first-order valence-corrected chi connectivity index (χ1v) is 8.47. The number of hydrogen-bond acceptors (Lipinski definition) is 4. The van der Waals surface area contributed by atoms with Crippen LogP contribution in [0.3, 0.4) is 0 Å². The molecule has 0 bridgehead atoms. The van der Waals surface area contributed by atoms with Crippen molar-refractivity contribution in [3.8, 4) is 0 Å². The van der Waals surface area contributed by atoms with E-state index in [2.05, 4.69) is 22.5 Å². The van der Waals surface area contributed by atoms with Crippen LogP contribution in [0.5, 0.6) is 0 Å². The van der Waals surface area contributed by atoms with Crippen LogP contribution < -0.4 is 10.6 Å². The van der Waals surface area contributed by atoms with Gasteiger partial charge < -0.3 is 10.6 Å². The molecule has 2 fully saturated rings. The first kappa shape index (κ1) is 14.0. The maximum Gasteiger partial charge on any atom is 0.223 e. The molecule has 5 heteroatoms. The van der Waals surface area contributed by atoms with Gasteiger partial charge in [0.05, 0.1) is 5.01 Å². The number of piperidine rings is 1. The fourth-order valence-electron chi connectivity index (χ4n) is 3.24. The Morgan fingerprint density at radius 2 is 2.35 bits per heavy atom. The second-order valence-corrected chi connectivity index (χ2v) is 7.18. The average molecular weight is 293 g/mol. The molecule has 1 unspecified atom stereocenters. The van der Waals surface area contributed by atoms with Crippen molar-refractivity contribution in [2.45, 2.75) is 39.0 Å². The van der Waals surface area contributed by atoms with E-state index in [1.165, 1.54) is 4.88 Å². The highest BCUT2D eigenvalue weighted by Crippen LogP contribution is 2.58. The Hall–Kier alpha value is -0.940. The van der Waals surface area contributed by atoms with Crippen LogP contribution in [0, 0.1) is 11.3 Å². The molecule has 1 aromatic heterocycles. The standard InChI is InChI=1S/C15H23N3OS/c1-2-11-10-18-13(20-11)3-6-17-14(19)12-9-15(12)4-7-16-8-5-15/h10,12,16H,2-9H2,1H3,(H,17,19). The number of nitrogens with one attached hydrogen (secondary N) is 2. The highest BCUT2D eigenvalue weighted by Gasteiger charge is 2.57. The Bertz CT molecular complexity index is 479. The summed E-state index contributed by atoms with van der Waals surface area (Å²) in [6.45, 7) is 5.01. The number of hydrogen-bond donors (Lipinski definition) is 2. The smallest absolute Gasteiger partial charge is 0.223 e. The van der Waals surface area contributed by atoms with E-state index < -0.39 is 0 Å². The number of aromatic nitrogens is 1. The van der Waals surface area contributed by atoms with Crippen molar-refractivity contribution < 1.29 is 4.79 Å². The number of carbonyl (C=O) groups is 1. The first-order valence-electron chi connectivity index (χ1n) is 7.65. The van der Waals surface area contributed by atoms with Gasteiger partial charge in [-0.1, -0.05) is 6.92 Å². The Kier molecular flexibility index (Phi) is 4.08. The van der Waals surface area contributed by atoms with Crippen molar-refractivity contribution in [1.82, 2.24) is 15.6 Å². The third-order valence-corrected chi connectivity index (χ3v) is 5.89. The van der Waals surface area contributed by atoms with Crippen molar-refractivity contribution in [3.63, 3.8) is 0 Å². The summed E-state index contributed by atoms with van der Waals surface area (Å²) in [5.74, 6) is 0.534. The minimum atomic E-state index is 0.263. The van der Waals surface area contributed by atoms with E-state index in [1.54, 1.807) is 11.3 Å². The van der Waals surface area contributed by atoms with Crippen LogP contribution in [0.2, 0.25) is 0 Å². The molecule has 1 saturated heterocycles. The molecule has 110 valence electrons. The van der Waals surface area contributed by atoms with Crippen LogP contribution in [0.25, 0.3) is 0 Å². The maximum atomic E-state index is 12.2. The molecular formula is C15H23N3OS. The van der Waals surface area contributed by atoms with Gasteiger partial charge in [0.1, 0.15) is 0 Å². The summed E-state index contributed by atoms with van der Waals surface area (Å²) < 4.78 is 0. The summed E-state index contributed by atoms with van der Waals surface area (Å²) >= 11 is 1.76. The topological polar surface area (TPSA) is 54.0 Å². The molecule has 2 N–H and O–H groups in total. The SMILES string of the molecule is CCc1cnc(CCNC(=O)C2CC23CCNCC3)s1. The zero-order valence-electron chi connectivity index (χ0n) is 12.1. The fourth-order valence-corrected chi connectivity index (χ4v) is 4.10. The molecular weight excluding hydrogens is 270 g/mol. The van der Waals surface area contributed by atoms with E-state index in [9.17, 15) is 4.79 Å². The molecule has 1 atom stereocenters. The predicted molar refractivity (Wildman–Crippen MR) is 80.8 cm³/mol. The van der Waals surface area contributed by atoms with E-state index in [-0.39, 0.29) is 11.8 Å². The highest BCUT2D eigenvalue weighted by molar-refractivity contribution is 7.11. The fraction of sp³-hybridized carbons (Fsp3) is 0.733. The molecule has 1 aliphatic carbocycles. The lowest BCUT2D eigenvalue weighted by Gasteiger charge is -2.23. The van der Waals surface area contributed by atoms with Gasteiger partial charge in [-0.2, -0.15) is 0 Å². The number of rotatable bonds is 5. The molecule has 3 rings (SSSR count). The number of amides is 1. The molecule has 1 spiro atoms. The lowest BCUT2D eigenvalue weighted by atomic mass is 9.92. The quantitative estimate of drug-likeness (QED) is 0.870. The maximum absolute atomic E-state index is 12.2. The summed E-state index contributed by atoms with van der Waals surface area (Å²) in [5, 5.41) is 7.61. The van der Waals surface area contributed by atoms with E-state index >= 15 is 0 Å². The lowest BCUT2D eigenvalue weighted by molar-refractivity contribution is -0.123. The molecule has 1 saturated carbocycles. The second kappa shape index (κ2) is 5.82. The average Bonchev–Trinajstić information content (AvgIpc) is 2.97. The van der Waals surface area contributed by atoms with Crippen LogP contribution in [0.4, 0.5) is 0 Å². The van der Waals surface area contributed by atoms with Crippen LogP contribution in [0.1, 0.15) is 36.1 Å². The molecule has 1 amide bonds. The monoisotopic (exact) mass is 293 g/mol. The van der Waals surface area contributed by atoms with Crippen molar-refractivity contribution in [1.29, 1.82) is 0 Å². The summed E-state index contributed by atoms with van der Waals surface area (Å²) in [6.07, 6.45) is 7.28. The zero-order chi connectivity index (χ0) is 14.0. The van der Waals surface area contributed by atoms with Gasteiger partial charge in [0, 0.05) is 30.0 Å². The Balaban J connectivity index is 1.42. The molecule has 2 heterocycles. The van der Waals surface area contributed by atoms with Gasteiger partial charge in [-0.3, -0.25) is 4.79 Å². The summed E-state index contributed by atoms with van der Waals surface area (Å²) in [4.78, 5) is 17.9. The van der Waals surface area contributed by atoms with Gasteiger partial charge in [0.2, 0.25) is 5.91 Å².